The number of nitrogens with zero attached hydrogens (tertiary/aromatic N) is 5. The van der Waals surface area contributed by atoms with Crippen LogP contribution < -0.4 is 10.2 Å². The number of nitrogens with one attached hydrogen (secondary N) is 1. The number of nitriles is 1. The molecule has 4 rings (SSSR count). The normalized spacial score (nSPS) is 15.8. The van der Waals surface area contributed by atoms with E-state index in [1.165, 1.54) is 0 Å². The second-order valence-electron chi connectivity index (χ2n) is 6.72. The number of benzene rings is 1. The maximum atomic E-state index is 12.7. The molecule has 0 bridgehead atoms. The highest BCUT2D eigenvalue weighted by Crippen LogP contribution is 2.19. The molecule has 0 aliphatic carbocycles. The van der Waals surface area contributed by atoms with Gasteiger partial charge in [-0.05, 0) is 36.2 Å². The zero-order valence-electron chi connectivity index (χ0n) is 15.7. The fourth-order valence-electron chi connectivity index (χ4n) is 3.36. The van der Waals surface area contributed by atoms with Gasteiger partial charge in [-0.2, -0.15) is 5.26 Å². The van der Waals surface area contributed by atoms with Crippen LogP contribution in [0.3, 0.4) is 0 Å². The number of pyridine rings is 1. The zero-order valence-corrected chi connectivity index (χ0v) is 16.5. The number of hydrogen-bond donors (Lipinski definition) is 1. The van der Waals surface area contributed by atoms with Crippen molar-refractivity contribution in [2.75, 3.05) is 11.4 Å². The van der Waals surface area contributed by atoms with Gasteiger partial charge >= 0.3 is 0 Å². The molecule has 1 atom stereocenters. The Bertz CT molecular complexity index is 996. The summed E-state index contributed by atoms with van der Waals surface area (Å²) >= 11 is 0. The molecule has 1 N–H and O–H groups in total. The van der Waals surface area contributed by atoms with Crippen LogP contribution in [-0.2, 0) is 17.9 Å². The fraction of sp³-hybridized carbons (Fsp3) is 0.238. The zero-order chi connectivity index (χ0) is 19.3. The minimum atomic E-state index is -0.222. The Hall–Kier alpha value is -3.21. The van der Waals surface area contributed by atoms with Gasteiger partial charge in [-0.3, -0.25) is 9.69 Å². The van der Waals surface area contributed by atoms with Crippen molar-refractivity contribution in [2.45, 2.75) is 25.6 Å². The largest absolute Gasteiger partial charge is 0.329 e. The van der Waals surface area contributed by atoms with Gasteiger partial charge in [-0.25, -0.2) is 9.97 Å². The first kappa shape index (κ1) is 20.5. The maximum Gasteiger partial charge on any atom is 0.245 e. The van der Waals surface area contributed by atoms with Gasteiger partial charge < -0.3 is 9.88 Å². The molecule has 0 saturated carbocycles. The SMILES string of the molecule is Cl.N#Cc1ccc(Cn2cncc2CN[C@H]2CCN(c3ccccn3)C2=O)cc1. The van der Waals surface area contributed by atoms with E-state index in [0.29, 0.717) is 31.0 Å². The number of aromatic nitrogens is 3. The van der Waals surface area contributed by atoms with Gasteiger partial charge in [-0.1, -0.05) is 18.2 Å². The third-order valence-electron chi connectivity index (χ3n) is 4.90. The third kappa shape index (κ3) is 4.62. The monoisotopic (exact) mass is 408 g/mol. The second kappa shape index (κ2) is 9.32. The first-order valence-electron chi connectivity index (χ1n) is 9.18. The Balaban J connectivity index is 0.00000240. The second-order valence-corrected chi connectivity index (χ2v) is 6.72. The van der Waals surface area contributed by atoms with Crippen LogP contribution in [0.2, 0.25) is 0 Å². The van der Waals surface area contributed by atoms with Crippen molar-refractivity contribution in [1.29, 1.82) is 5.26 Å². The lowest BCUT2D eigenvalue weighted by Crippen LogP contribution is -2.38. The molecule has 148 valence electrons. The van der Waals surface area contributed by atoms with Crippen LogP contribution in [0.1, 0.15) is 23.2 Å². The number of carbonyl (C=O) groups excluding carboxylic acids is 1. The standard InChI is InChI=1S/C21H20N6O.ClH/c22-11-16-4-6-17(7-5-16)14-26-15-23-12-18(26)13-25-19-8-10-27(21(19)28)20-3-1-2-9-24-20;/h1-7,9,12,15,19,25H,8,10,13-14H2;1H/t19-;/m0./s1. The minimum Gasteiger partial charge on any atom is -0.329 e. The molecule has 29 heavy (non-hydrogen) atoms. The molecule has 3 heterocycles. The first-order chi connectivity index (χ1) is 13.7. The molecule has 0 radical (unpaired) electrons. The number of carbonyl (C=O) groups is 1. The molecule has 7 nitrogen and oxygen atoms in total. The van der Waals surface area contributed by atoms with E-state index in [2.05, 4.69) is 21.4 Å². The van der Waals surface area contributed by atoms with Crippen molar-refractivity contribution in [3.05, 3.63) is 78.0 Å². The molecule has 0 spiro atoms. The first-order valence-corrected chi connectivity index (χ1v) is 9.18. The summed E-state index contributed by atoms with van der Waals surface area (Å²) in [4.78, 5) is 22.9. The van der Waals surface area contributed by atoms with E-state index in [0.717, 1.165) is 17.7 Å². The van der Waals surface area contributed by atoms with E-state index >= 15 is 0 Å². The van der Waals surface area contributed by atoms with Gasteiger partial charge in [0.2, 0.25) is 5.91 Å². The van der Waals surface area contributed by atoms with Crippen molar-refractivity contribution in [2.24, 2.45) is 0 Å². The van der Waals surface area contributed by atoms with Gasteiger partial charge in [0.1, 0.15) is 5.82 Å². The molecular weight excluding hydrogens is 388 g/mol. The topological polar surface area (TPSA) is 86.8 Å². The molecule has 1 aromatic carbocycles. The van der Waals surface area contributed by atoms with Crippen molar-refractivity contribution in [3.8, 4) is 6.07 Å². The van der Waals surface area contributed by atoms with Crippen LogP contribution in [0.25, 0.3) is 0 Å². The van der Waals surface area contributed by atoms with Gasteiger partial charge in [0, 0.05) is 32.0 Å². The number of amides is 1. The average molecular weight is 409 g/mol. The van der Waals surface area contributed by atoms with E-state index in [1.807, 2.05) is 53.2 Å². The Labute approximate surface area is 175 Å². The van der Waals surface area contributed by atoms with Gasteiger partial charge in [0.25, 0.3) is 0 Å². The lowest BCUT2D eigenvalue weighted by molar-refractivity contribution is -0.118. The number of hydrogen-bond acceptors (Lipinski definition) is 5. The predicted octanol–water partition coefficient (Wildman–Crippen LogP) is 2.51. The summed E-state index contributed by atoms with van der Waals surface area (Å²) in [6.45, 7) is 1.89. The van der Waals surface area contributed by atoms with E-state index in [9.17, 15) is 4.79 Å². The van der Waals surface area contributed by atoms with E-state index in [1.54, 1.807) is 17.4 Å². The van der Waals surface area contributed by atoms with Crippen molar-refractivity contribution in [1.82, 2.24) is 19.9 Å². The highest BCUT2D eigenvalue weighted by molar-refractivity contribution is 5.98. The average Bonchev–Trinajstić information content (AvgIpc) is 3.33. The molecule has 3 aromatic rings. The Morgan fingerprint density at radius 3 is 2.76 bits per heavy atom. The molecular formula is C21H21ClN6O. The van der Waals surface area contributed by atoms with Crippen LogP contribution in [0.4, 0.5) is 5.82 Å². The van der Waals surface area contributed by atoms with Gasteiger partial charge in [-0.15, -0.1) is 12.4 Å². The van der Waals surface area contributed by atoms with Crippen LogP contribution in [0.5, 0.6) is 0 Å². The summed E-state index contributed by atoms with van der Waals surface area (Å²) in [5.74, 6) is 0.750. The van der Waals surface area contributed by atoms with Crippen LogP contribution in [-0.4, -0.2) is 33.0 Å². The van der Waals surface area contributed by atoms with Crippen molar-refractivity contribution in [3.63, 3.8) is 0 Å². The van der Waals surface area contributed by atoms with Crippen molar-refractivity contribution < 1.29 is 4.79 Å². The highest BCUT2D eigenvalue weighted by Gasteiger charge is 2.32. The fourth-order valence-corrected chi connectivity index (χ4v) is 3.36. The Morgan fingerprint density at radius 1 is 1.21 bits per heavy atom. The van der Waals surface area contributed by atoms with Crippen molar-refractivity contribution >= 4 is 24.1 Å². The Morgan fingerprint density at radius 2 is 2.03 bits per heavy atom. The summed E-state index contributed by atoms with van der Waals surface area (Å²) in [5.41, 5.74) is 2.75. The molecule has 1 fully saturated rings. The summed E-state index contributed by atoms with van der Waals surface area (Å²) in [7, 11) is 0. The lowest BCUT2D eigenvalue weighted by atomic mass is 10.1. The molecule has 2 aromatic heterocycles. The molecule has 1 aliphatic heterocycles. The third-order valence-corrected chi connectivity index (χ3v) is 4.90. The van der Waals surface area contributed by atoms with E-state index < -0.39 is 0 Å². The minimum absolute atomic E-state index is 0. The van der Waals surface area contributed by atoms with Gasteiger partial charge in [0.15, 0.2) is 0 Å². The van der Waals surface area contributed by atoms with Gasteiger partial charge in [0.05, 0.1) is 29.7 Å². The lowest BCUT2D eigenvalue weighted by Gasteiger charge is -2.16. The number of halogens is 1. The quantitative estimate of drug-likeness (QED) is 0.677. The van der Waals surface area contributed by atoms with Crippen LogP contribution in [0.15, 0.2) is 61.2 Å². The smallest absolute Gasteiger partial charge is 0.245 e. The molecule has 8 heteroatoms. The van der Waals surface area contributed by atoms with Crippen LogP contribution >= 0.6 is 12.4 Å². The van der Waals surface area contributed by atoms with E-state index in [4.69, 9.17) is 5.26 Å². The summed E-state index contributed by atoms with van der Waals surface area (Å²) in [5, 5.41) is 12.3. The molecule has 0 unspecified atom stereocenters. The highest BCUT2D eigenvalue weighted by atomic mass is 35.5. The number of rotatable bonds is 6. The molecule has 1 aliphatic rings. The predicted molar refractivity (Wildman–Crippen MR) is 112 cm³/mol. The summed E-state index contributed by atoms with van der Waals surface area (Å²) in [6.07, 6.45) is 6.04. The molecule has 1 saturated heterocycles. The summed E-state index contributed by atoms with van der Waals surface area (Å²) in [6, 6.07) is 15.0. The molecule has 1 amide bonds. The Kier molecular flexibility index (Phi) is 6.60. The van der Waals surface area contributed by atoms with E-state index in [-0.39, 0.29) is 24.4 Å². The van der Waals surface area contributed by atoms with Crippen LogP contribution in [0, 0.1) is 11.3 Å². The number of imidazole rings is 1. The number of anilines is 1. The summed E-state index contributed by atoms with van der Waals surface area (Å²) < 4.78 is 2.05. The maximum absolute atomic E-state index is 12.7.